The molecule has 0 saturated heterocycles. The number of rotatable bonds is 7. The zero-order valence-electron chi connectivity index (χ0n) is 18.3. The molecule has 2 N–H and O–H groups in total. The van der Waals surface area contributed by atoms with Crippen LogP contribution < -0.4 is 5.32 Å². The topological polar surface area (TPSA) is 76.4 Å². The van der Waals surface area contributed by atoms with Crippen molar-refractivity contribution in [2.45, 2.75) is 37.9 Å². The van der Waals surface area contributed by atoms with Gasteiger partial charge in [-0.3, -0.25) is 10.1 Å². The fourth-order valence-corrected chi connectivity index (χ4v) is 4.42. The molecule has 1 saturated carbocycles. The van der Waals surface area contributed by atoms with Gasteiger partial charge in [-0.25, -0.2) is 9.37 Å². The number of fused-ring (bicyclic) bond motifs is 1. The van der Waals surface area contributed by atoms with E-state index >= 15 is 0 Å². The molecule has 3 aromatic rings. The molecule has 0 aliphatic heterocycles. The Hall–Kier alpha value is -2.98. The van der Waals surface area contributed by atoms with E-state index in [0.29, 0.717) is 30.2 Å². The second-order valence-electron chi connectivity index (χ2n) is 8.44. The van der Waals surface area contributed by atoms with Gasteiger partial charge >= 0.3 is 6.18 Å². The minimum Gasteiger partial charge on any atom is -0.394 e. The van der Waals surface area contributed by atoms with Gasteiger partial charge < -0.3 is 14.4 Å². The molecule has 0 spiro atoms. The van der Waals surface area contributed by atoms with Crippen LogP contribution in [0.3, 0.4) is 0 Å². The van der Waals surface area contributed by atoms with E-state index in [1.165, 1.54) is 24.3 Å². The van der Waals surface area contributed by atoms with E-state index in [1.807, 2.05) is 4.57 Å². The Balaban J connectivity index is 1.59. The zero-order chi connectivity index (χ0) is 24.3. The van der Waals surface area contributed by atoms with E-state index in [4.69, 9.17) is 9.84 Å². The summed E-state index contributed by atoms with van der Waals surface area (Å²) >= 11 is 0. The largest absolute Gasteiger partial charge is 0.416 e. The van der Waals surface area contributed by atoms with Gasteiger partial charge in [0.05, 0.1) is 29.8 Å². The van der Waals surface area contributed by atoms with Gasteiger partial charge in [-0.2, -0.15) is 13.2 Å². The number of ether oxygens (including phenoxy) is 1. The molecule has 4 rings (SSSR count). The summed E-state index contributed by atoms with van der Waals surface area (Å²) in [4.78, 5) is 17.2. The highest BCUT2D eigenvalue weighted by Gasteiger charge is 2.31. The molecule has 0 bridgehead atoms. The standard InChI is InChI=1S/C24H25F4N3O3/c25-18-6-9-21-20(13-18)29-23(30-22(33)16-2-1-3-17(12-16)24(26,27)28)31(21)19-7-4-15(5-8-19)14-34-11-10-32/h1-3,6,9,12-13,15,19,32H,4-5,7-8,10-11,14H2,(H,29,30,33). The molecule has 0 unspecified atom stereocenters. The molecule has 1 heterocycles. The summed E-state index contributed by atoms with van der Waals surface area (Å²) < 4.78 is 60.3. The number of aliphatic hydroxyl groups excluding tert-OH is 1. The van der Waals surface area contributed by atoms with Crippen LogP contribution in [0.1, 0.15) is 47.6 Å². The van der Waals surface area contributed by atoms with Crippen molar-refractivity contribution in [2.24, 2.45) is 5.92 Å². The van der Waals surface area contributed by atoms with Gasteiger partial charge in [0.1, 0.15) is 5.82 Å². The van der Waals surface area contributed by atoms with Gasteiger partial charge in [-0.1, -0.05) is 6.07 Å². The van der Waals surface area contributed by atoms with Crippen molar-refractivity contribution >= 4 is 22.9 Å². The monoisotopic (exact) mass is 479 g/mol. The van der Waals surface area contributed by atoms with E-state index < -0.39 is 23.5 Å². The number of anilines is 1. The number of alkyl halides is 3. The number of halogens is 4. The molecule has 1 aliphatic rings. The van der Waals surface area contributed by atoms with Gasteiger partial charge in [0.15, 0.2) is 0 Å². The number of amides is 1. The fraction of sp³-hybridized carbons (Fsp3) is 0.417. The summed E-state index contributed by atoms with van der Waals surface area (Å²) in [6, 6.07) is 8.31. The van der Waals surface area contributed by atoms with Crippen molar-refractivity contribution in [1.29, 1.82) is 0 Å². The van der Waals surface area contributed by atoms with Gasteiger partial charge in [-0.05, 0) is 61.9 Å². The lowest BCUT2D eigenvalue weighted by molar-refractivity contribution is -0.137. The summed E-state index contributed by atoms with van der Waals surface area (Å²) in [6.45, 7) is 0.827. The first kappa shape index (κ1) is 24.2. The van der Waals surface area contributed by atoms with E-state index in [9.17, 15) is 22.4 Å². The normalized spacial score (nSPS) is 18.9. The van der Waals surface area contributed by atoms with Gasteiger partial charge in [0.2, 0.25) is 5.95 Å². The molecule has 2 aromatic carbocycles. The average Bonchev–Trinajstić information content (AvgIpc) is 3.16. The molecule has 1 amide bonds. The highest BCUT2D eigenvalue weighted by atomic mass is 19.4. The Labute approximate surface area is 193 Å². The van der Waals surface area contributed by atoms with Gasteiger partial charge in [0.25, 0.3) is 5.91 Å². The van der Waals surface area contributed by atoms with Crippen molar-refractivity contribution in [3.63, 3.8) is 0 Å². The number of aromatic nitrogens is 2. The Morgan fingerprint density at radius 1 is 1.15 bits per heavy atom. The van der Waals surface area contributed by atoms with E-state index in [0.717, 1.165) is 37.8 Å². The van der Waals surface area contributed by atoms with Gasteiger partial charge in [-0.15, -0.1) is 0 Å². The predicted molar refractivity (Wildman–Crippen MR) is 118 cm³/mol. The van der Waals surface area contributed by atoms with E-state index in [2.05, 4.69) is 10.3 Å². The summed E-state index contributed by atoms with van der Waals surface area (Å²) in [7, 11) is 0. The molecule has 1 aliphatic carbocycles. The SMILES string of the molecule is O=C(Nc1nc2cc(F)ccc2n1C1CCC(COCCO)CC1)c1cccc(C(F)(F)F)c1. The van der Waals surface area contributed by atoms with Crippen LogP contribution in [-0.2, 0) is 10.9 Å². The summed E-state index contributed by atoms with van der Waals surface area (Å²) in [5.74, 6) is -0.687. The number of benzene rings is 2. The molecule has 182 valence electrons. The lowest BCUT2D eigenvalue weighted by Crippen LogP contribution is -2.24. The Morgan fingerprint density at radius 2 is 1.91 bits per heavy atom. The number of carbonyl (C=O) groups excluding carboxylic acids is 1. The molecule has 10 heteroatoms. The van der Waals surface area contributed by atoms with Crippen LogP contribution in [0.15, 0.2) is 42.5 Å². The van der Waals surface area contributed by atoms with E-state index in [1.54, 1.807) is 6.07 Å². The van der Waals surface area contributed by atoms with E-state index in [-0.39, 0.29) is 24.2 Å². The number of aliphatic hydroxyl groups is 1. The molecule has 0 radical (unpaired) electrons. The molecule has 0 atom stereocenters. The quantitative estimate of drug-likeness (QED) is 0.361. The minimum absolute atomic E-state index is 0.0259. The molecular formula is C24H25F4N3O3. The van der Waals surface area contributed by atoms with Crippen LogP contribution >= 0.6 is 0 Å². The molecular weight excluding hydrogens is 454 g/mol. The third kappa shape index (κ3) is 5.39. The minimum atomic E-state index is -4.57. The Morgan fingerprint density at radius 3 is 2.62 bits per heavy atom. The summed E-state index contributed by atoms with van der Waals surface area (Å²) in [6.07, 6.45) is -1.32. The highest BCUT2D eigenvalue weighted by molar-refractivity contribution is 6.04. The van der Waals surface area contributed by atoms with Crippen molar-refractivity contribution in [2.75, 3.05) is 25.1 Å². The number of carbonyl (C=O) groups is 1. The number of hydrogen-bond acceptors (Lipinski definition) is 4. The van der Waals surface area contributed by atoms with Crippen molar-refractivity contribution in [3.05, 3.63) is 59.4 Å². The number of imidazole rings is 1. The lowest BCUT2D eigenvalue weighted by Gasteiger charge is -2.30. The summed E-state index contributed by atoms with van der Waals surface area (Å²) in [5.41, 5.74) is -0.0738. The number of hydrogen-bond donors (Lipinski definition) is 2. The van der Waals surface area contributed by atoms with Crippen LogP contribution in [0.25, 0.3) is 11.0 Å². The maximum absolute atomic E-state index is 13.8. The highest BCUT2D eigenvalue weighted by Crippen LogP contribution is 2.37. The van der Waals surface area contributed by atoms with Crippen molar-refractivity contribution in [3.8, 4) is 0 Å². The third-order valence-corrected chi connectivity index (χ3v) is 6.10. The van der Waals surface area contributed by atoms with Crippen LogP contribution in [0.4, 0.5) is 23.5 Å². The number of nitrogens with one attached hydrogen (secondary N) is 1. The second kappa shape index (κ2) is 10.1. The smallest absolute Gasteiger partial charge is 0.394 e. The maximum Gasteiger partial charge on any atom is 0.416 e. The predicted octanol–water partition coefficient (Wildman–Crippen LogP) is 5.19. The Bertz CT molecular complexity index is 1150. The van der Waals surface area contributed by atoms with Crippen LogP contribution in [0.2, 0.25) is 0 Å². The first-order valence-electron chi connectivity index (χ1n) is 11.1. The Kier molecular flexibility index (Phi) is 7.18. The molecule has 1 aromatic heterocycles. The summed E-state index contributed by atoms with van der Waals surface area (Å²) in [5, 5.41) is 11.5. The molecule has 6 nitrogen and oxygen atoms in total. The average molecular weight is 479 g/mol. The maximum atomic E-state index is 13.8. The molecule has 1 fully saturated rings. The fourth-order valence-electron chi connectivity index (χ4n) is 4.42. The van der Waals surface area contributed by atoms with Crippen LogP contribution in [-0.4, -0.2) is 40.4 Å². The van der Waals surface area contributed by atoms with Gasteiger partial charge in [0, 0.05) is 24.3 Å². The van der Waals surface area contributed by atoms with Crippen LogP contribution in [0.5, 0.6) is 0 Å². The molecule has 34 heavy (non-hydrogen) atoms. The number of nitrogens with zero attached hydrogens (tertiary/aromatic N) is 2. The zero-order valence-corrected chi connectivity index (χ0v) is 18.3. The third-order valence-electron chi connectivity index (χ3n) is 6.10. The lowest BCUT2D eigenvalue weighted by atomic mass is 9.86. The van der Waals surface area contributed by atoms with Crippen LogP contribution in [0, 0.1) is 11.7 Å². The van der Waals surface area contributed by atoms with Crippen molar-refractivity contribution in [1.82, 2.24) is 9.55 Å². The van der Waals surface area contributed by atoms with Crippen molar-refractivity contribution < 1.29 is 32.2 Å². The first-order valence-corrected chi connectivity index (χ1v) is 11.1. The first-order chi connectivity index (χ1) is 16.3. The second-order valence-corrected chi connectivity index (χ2v) is 8.44.